The van der Waals surface area contributed by atoms with Crippen LogP contribution in [0.25, 0.3) is 6.08 Å². The summed E-state index contributed by atoms with van der Waals surface area (Å²) in [6, 6.07) is 11.9. The van der Waals surface area contributed by atoms with E-state index < -0.39 is 23.8 Å². The number of para-hydroxylation sites is 1. The Kier molecular flexibility index (Phi) is 5.42. The van der Waals surface area contributed by atoms with Crippen LogP contribution in [-0.2, 0) is 14.4 Å². The van der Waals surface area contributed by atoms with Gasteiger partial charge in [-0.05, 0) is 35.9 Å². The average Bonchev–Trinajstić information content (AvgIpc) is 2.65. The van der Waals surface area contributed by atoms with Gasteiger partial charge in [0.1, 0.15) is 11.3 Å². The molecule has 0 radical (unpaired) electrons. The van der Waals surface area contributed by atoms with Gasteiger partial charge in [0.15, 0.2) is 6.61 Å². The Morgan fingerprint density at radius 1 is 1.14 bits per heavy atom. The Labute approximate surface area is 164 Å². The van der Waals surface area contributed by atoms with Gasteiger partial charge in [-0.25, -0.2) is 9.69 Å². The van der Waals surface area contributed by atoms with Crippen molar-refractivity contribution in [3.63, 3.8) is 0 Å². The normalized spacial score (nSPS) is 15.5. The monoisotopic (exact) mass is 399 g/mol. The van der Waals surface area contributed by atoms with Crippen LogP contribution < -0.4 is 20.7 Å². The van der Waals surface area contributed by atoms with Gasteiger partial charge in [0.2, 0.25) is 0 Å². The van der Waals surface area contributed by atoms with Gasteiger partial charge in [0.05, 0.1) is 10.7 Å². The summed E-state index contributed by atoms with van der Waals surface area (Å²) < 4.78 is 5.15. The summed E-state index contributed by atoms with van der Waals surface area (Å²) in [4.78, 5) is 48.7. The van der Waals surface area contributed by atoms with Crippen molar-refractivity contribution in [1.29, 1.82) is 0 Å². The molecule has 5 amide bonds. The number of rotatable bonds is 5. The van der Waals surface area contributed by atoms with Gasteiger partial charge in [-0.3, -0.25) is 19.7 Å². The Balaban J connectivity index is 1.91. The van der Waals surface area contributed by atoms with Crippen LogP contribution in [0.1, 0.15) is 5.56 Å². The minimum Gasteiger partial charge on any atom is -0.482 e. The molecule has 3 N–H and O–H groups in total. The van der Waals surface area contributed by atoms with E-state index in [0.29, 0.717) is 11.3 Å². The van der Waals surface area contributed by atoms with Gasteiger partial charge in [-0.1, -0.05) is 35.9 Å². The second kappa shape index (κ2) is 7.93. The number of nitrogens with zero attached hydrogens (tertiary/aromatic N) is 1. The Morgan fingerprint density at radius 2 is 1.86 bits per heavy atom. The fraction of sp³-hybridized carbons (Fsp3) is 0.0526. The van der Waals surface area contributed by atoms with E-state index in [1.807, 2.05) is 0 Å². The van der Waals surface area contributed by atoms with Gasteiger partial charge in [-0.2, -0.15) is 0 Å². The number of primary amides is 1. The quantitative estimate of drug-likeness (QED) is 0.587. The fourth-order valence-corrected chi connectivity index (χ4v) is 2.75. The molecule has 1 fully saturated rings. The number of carbonyl (C=O) groups excluding carboxylic acids is 4. The standard InChI is InChI=1S/C19H14ClN3O5/c20-14-9-11(6-7-15(14)28-10-16(21)24)8-13-17(25)22-19(27)23(18(13)26)12-4-2-1-3-5-12/h1-9H,10H2,(H2,21,24)(H,22,25,27)/b13-8+. The van der Waals surface area contributed by atoms with Crippen molar-refractivity contribution in [2.24, 2.45) is 5.73 Å². The van der Waals surface area contributed by atoms with Crippen LogP contribution in [0.2, 0.25) is 5.02 Å². The molecule has 28 heavy (non-hydrogen) atoms. The number of nitrogens with two attached hydrogens (primary N) is 1. The summed E-state index contributed by atoms with van der Waals surface area (Å²) in [6.07, 6.45) is 1.31. The predicted octanol–water partition coefficient (Wildman–Crippen LogP) is 1.87. The van der Waals surface area contributed by atoms with Crippen molar-refractivity contribution in [2.75, 3.05) is 11.5 Å². The molecular weight excluding hydrogens is 386 g/mol. The largest absolute Gasteiger partial charge is 0.482 e. The Hall–Kier alpha value is -3.65. The van der Waals surface area contributed by atoms with Gasteiger partial charge < -0.3 is 10.5 Å². The van der Waals surface area contributed by atoms with Crippen molar-refractivity contribution in [1.82, 2.24) is 5.32 Å². The zero-order chi connectivity index (χ0) is 20.3. The lowest BCUT2D eigenvalue weighted by atomic mass is 10.1. The van der Waals surface area contributed by atoms with Crippen molar-refractivity contribution >= 4 is 47.1 Å². The number of hydrogen-bond donors (Lipinski definition) is 2. The zero-order valence-corrected chi connectivity index (χ0v) is 15.1. The Morgan fingerprint density at radius 3 is 2.50 bits per heavy atom. The number of urea groups is 1. The second-order valence-electron chi connectivity index (χ2n) is 5.74. The lowest BCUT2D eigenvalue weighted by molar-refractivity contribution is -0.123. The molecule has 0 saturated carbocycles. The van der Waals surface area contributed by atoms with E-state index in [1.165, 1.54) is 18.2 Å². The molecule has 1 heterocycles. The molecule has 3 rings (SSSR count). The number of hydrogen-bond acceptors (Lipinski definition) is 5. The van der Waals surface area contributed by atoms with Gasteiger partial charge in [-0.15, -0.1) is 0 Å². The maximum atomic E-state index is 12.7. The topological polar surface area (TPSA) is 119 Å². The highest BCUT2D eigenvalue weighted by atomic mass is 35.5. The predicted molar refractivity (Wildman–Crippen MR) is 102 cm³/mol. The van der Waals surface area contributed by atoms with Crippen LogP contribution in [0.4, 0.5) is 10.5 Å². The SMILES string of the molecule is NC(=O)COc1ccc(/C=C2\C(=O)NC(=O)N(c3ccccc3)C2=O)cc1Cl. The summed E-state index contributed by atoms with van der Waals surface area (Å²) in [5, 5.41) is 2.30. The molecule has 1 aliphatic rings. The van der Waals surface area contributed by atoms with Crippen LogP contribution in [0, 0.1) is 0 Å². The van der Waals surface area contributed by atoms with Gasteiger partial charge >= 0.3 is 6.03 Å². The molecule has 1 saturated heterocycles. The third-order valence-electron chi connectivity index (χ3n) is 3.75. The fourth-order valence-electron chi connectivity index (χ4n) is 2.51. The molecule has 142 valence electrons. The summed E-state index contributed by atoms with van der Waals surface area (Å²) >= 11 is 6.09. The minimum absolute atomic E-state index is 0.162. The Bertz CT molecular complexity index is 1000. The first-order valence-electron chi connectivity index (χ1n) is 8.04. The molecule has 0 aromatic heterocycles. The molecule has 0 atom stereocenters. The van der Waals surface area contributed by atoms with Gasteiger partial charge in [0, 0.05) is 0 Å². The smallest absolute Gasteiger partial charge is 0.335 e. The zero-order valence-electron chi connectivity index (χ0n) is 14.3. The van der Waals surface area contributed by atoms with Crippen LogP contribution in [-0.4, -0.2) is 30.4 Å². The maximum absolute atomic E-state index is 12.7. The molecule has 1 aliphatic heterocycles. The molecule has 0 bridgehead atoms. The van der Waals surface area contributed by atoms with E-state index in [2.05, 4.69) is 5.32 Å². The number of amides is 5. The first kappa shape index (κ1) is 19.1. The maximum Gasteiger partial charge on any atom is 0.335 e. The highest BCUT2D eigenvalue weighted by Crippen LogP contribution is 2.27. The van der Waals surface area contributed by atoms with E-state index in [9.17, 15) is 19.2 Å². The van der Waals surface area contributed by atoms with E-state index in [-0.39, 0.29) is 23.0 Å². The molecule has 2 aromatic rings. The molecule has 0 spiro atoms. The molecule has 9 heteroatoms. The van der Waals surface area contributed by atoms with Crippen LogP contribution in [0.15, 0.2) is 54.1 Å². The first-order chi connectivity index (χ1) is 13.4. The van der Waals surface area contributed by atoms with E-state index in [1.54, 1.807) is 36.4 Å². The molecule has 2 aromatic carbocycles. The van der Waals surface area contributed by atoms with Crippen molar-refractivity contribution in [3.05, 3.63) is 64.7 Å². The van der Waals surface area contributed by atoms with E-state index in [0.717, 1.165) is 4.90 Å². The number of nitrogens with one attached hydrogen (secondary N) is 1. The summed E-state index contributed by atoms with van der Waals surface area (Å²) in [5.41, 5.74) is 5.54. The first-order valence-corrected chi connectivity index (χ1v) is 8.42. The summed E-state index contributed by atoms with van der Waals surface area (Å²) in [6.45, 7) is -0.338. The number of halogens is 1. The number of barbiturate groups is 1. The third kappa shape index (κ3) is 4.02. The van der Waals surface area contributed by atoms with Crippen molar-refractivity contribution in [3.8, 4) is 5.75 Å². The second-order valence-corrected chi connectivity index (χ2v) is 6.15. The summed E-state index contributed by atoms with van der Waals surface area (Å²) in [5.74, 6) is -2.00. The highest BCUT2D eigenvalue weighted by molar-refractivity contribution is 6.39. The molecular formula is C19H14ClN3O5. The number of anilines is 1. The molecule has 0 unspecified atom stereocenters. The van der Waals surface area contributed by atoms with Crippen LogP contribution >= 0.6 is 11.6 Å². The van der Waals surface area contributed by atoms with Crippen molar-refractivity contribution < 1.29 is 23.9 Å². The van der Waals surface area contributed by atoms with E-state index in [4.69, 9.17) is 22.1 Å². The summed E-state index contributed by atoms with van der Waals surface area (Å²) in [7, 11) is 0. The molecule has 8 nitrogen and oxygen atoms in total. The number of imide groups is 2. The highest BCUT2D eigenvalue weighted by Gasteiger charge is 2.36. The van der Waals surface area contributed by atoms with Crippen LogP contribution in [0.3, 0.4) is 0 Å². The number of benzene rings is 2. The average molecular weight is 400 g/mol. The number of ether oxygens (including phenoxy) is 1. The lowest BCUT2D eigenvalue weighted by Gasteiger charge is -2.26. The lowest BCUT2D eigenvalue weighted by Crippen LogP contribution is -2.54. The van der Waals surface area contributed by atoms with Crippen molar-refractivity contribution in [2.45, 2.75) is 0 Å². The minimum atomic E-state index is -0.827. The van der Waals surface area contributed by atoms with Crippen LogP contribution in [0.5, 0.6) is 5.75 Å². The number of carbonyl (C=O) groups is 4. The van der Waals surface area contributed by atoms with E-state index >= 15 is 0 Å². The molecule has 0 aliphatic carbocycles. The third-order valence-corrected chi connectivity index (χ3v) is 4.05. The van der Waals surface area contributed by atoms with Gasteiger partial charge in [0.25, 0.3) is 17.7 Å².